The Bertz CT molecular complexity index is 4240. The van der Waals surface area contributed by atoms with Crippen molar-refractivity contribution in [2.45, 2.75) is 124 Å². The lowest BCUT2D eigenvalue weighted by molar-refractivity contribution is 0.632. The van der Waals surface area contributed by atoms with Crippen LogP contribution in [0.3, 0.4) is 0 Å². The molecule has 0 atom stereocenters. The van der Waals surface area contributed by atoms with Gasteiger partial charge in [0.25, 0.3) is 0 Å². The molecular weight excluding hydrogens is 1300 g/mol. The van der Waals surface area contributed by atoms with E-state index in [1.165, 1.54) is 48.3 Å². The monoisotopic (exact) mass is 1390 g/mol. The summed E-state index contributed by atoms with van der Waals surface area (Å²) < 4.78 is 14.5. The van der Waals surface area contributed by atoms with Crippen molar-refractivity contribution in [3.05, 3.63) is 275 Å². The van der Waals surface area contributed by atoms with Gasteiger partial charge in [-0.05, 0) is 164 Å². The zero-order valence-corrected chi connectivity index (χ0v) is 60.5. The summed E-state index contributed by atoms with van der Waals surface area (Å²) in [6.07, 6.45) is 27.7. The van der Waals surface area contributed by atoms with Crippen LogP contribution in [0.25, 0.3) is 60.1 Å². The van der Waals surface area contributed by atoms with Crippen LogP contribution < -0.4 is 34.1 Å². The Hall–Kier alpha value is -13.2. The normalized spacial score (nSPS) is 10.2. The second kappa shape index (κ2) is 50.2. The topological polar surface area (TPSA) is 355 Å². The molecule has 12 rings (SSSR count). The lowest BCUT2D eigenvalue weighted by Crippen LogP contribution is -2.23. The van der Waals surface area contributed by atoms with Gasteiger partial charge in [0.15, 0.2) is 5.82 Å². The third-order valence-electron chi connectivity index (χ3n) is 11.5. The van der Waals surface area contributed by atoms with Crippen LogP contribution in [0.1, 0.15) is 122 Å². The highest BCUT2D eigenvalue weighted by atomic mass is 16.2. The Morgan fingerprint density at radius 3 is 0.922 bits per heavy atom. The van der Waals surface area contributed by atoms with Gasteiger partial charge in [0.05, 0.1) is 36.3 Å². The van der Waals surface area contributed by atoms with Crippen molar-refractivity contribution >= 4 is 37.2 Å². The highest BCUT2D eigenvalue weighted by molar-refractivity contribution is 5.31. The van der Waals surface area contributed by atoms with Crippen molar-refractivity contribution in [1.29, 1.82) is 0 Å². The highest BCUT2D eigenvalue weighted by Crippen LogP contribution is 2.04. The van der Waals surface area contributed by atoms with Crippen molar-refractivity contribution in [1.82, 2.24) is 134 Å². The molecule has 12 aromatic rings. The van der Waals surface area contributed by atoms with E-state index >= 15 is 0 Å². The average molecular weight is 1390 g/mol. The van der Waals surface area contributed by atoms with Gasteiger partial charge in [-0.1, -0.05) is 191 Å². The Morgan fingerprint density at radius 2 is 0.578 bits per heavy atom. The summed E-state index contributed by atoms with van der Waals surface area (Å²) in [5.74, 6) is 0.457. The molecule has 33 heteroatoms. The maximum absolute atomic E-state index is 11.7. The lowest BCUT2D eigenvalue weighted by Gasteiger charge is -1.97. The zero-order valence-electron chi connectivity index (χ0n) is 60.5. The first kappa shape index (κ1) is 84.9. The number of benzene rings is 3. The highest BCUT2D eigenvalue weighted by Gasteiger charge is 2.11. The Balaban J connectivity index is 0.000000405. The zero-order chi connectivity index (χ0) is 75.5. The van der Waals surface area contributed by atoms with E-state index < -0.39 is 0 Å². The Labute approximate surface area is 590 Å². The summed E-state index contributed by atoms with van der Waals surface area (Å²) in [6, 6.07) is 40.6. The van der Waals surface area contributed by atoms with E-state index in [2.05, 4.69) is 77.5 Å². The minimum absolute atomic E-state index is 0.234. The number of para-hydroxylation sites is 1. The van der Waals surface area contributed by atoms with Crippen LogP contribution in [0.15, 0.2) is 230 Å². The van der Waals surface area contributed by atoms with E-state index in [1.807, 2.05) is 169 Å². The van der Waals surface area contributed by atoms with Gasteiger partial charge in [-0.15, -0.1) is 4.68 Å². The molecule has 0 aliphatic rings. The first-order valence-electron chi connectivity index (χ1n) is 32.8. The molecule has 0 saturated heterocycles. The van der Waals surface area contributed by atoms with Crippen molar-refractivity contribution in [3.63, 3.8) is 0 Å². The van der Waals surface area contributed by atoms with Crippen LogP contribution in [0, 0.1) is 0 Å². The summed E-state index contributed by atoms with van der Waals surface area (Å²) >= 11 is 0. The van der Waals surface area contributed by atoms with E-state index in [0.717, 1.165) is 25.2 Å². The van der Waals surface area contributed by atoms with Crippen LogP contribution in [0.5, 0.6) is 0 Å². The maximum atomic E-state index is 11.7. The fourth-order valence-corrected chi connectivity index (χ4v) is 7.36. The van der Waals surface area contributed by atoms with Gasteiger partial charge in [-0.2, -0.15) is 51.5 Å². The minimum atomic E-state index is -0.341. The quantitative estimate of drug-likeness (QED) is 0.0979. The van der Waals surface area contributed by atoms with E-state index in [9.17, 15) is 28.8 Å². The van der Waals surface area contributed by atoms with Crippen LogP contribution in [-0.2, 0) is 13.1 Å². The largest absolute Gasteiger partial charge is 0.374 e. The molecule has 0 saturated carbocycles. The molecule has 0 spiro atoms. The molecule has 33 nitrogen and oxygen atoms in total. The molecule has 102 heavy (non-hydrogen) atoms. The fraction of sp³-hybridized carbons (Fsp3) is 0.261. The molecule has 0 amide bonds. The lowest BCUT2D eigenvalue weighted by atomic mass is 10.2. The Morgan fingerprint density at radius 1 is 0.275 bits per heavy atom. The van der Waals surface area contributed by atoms with E-state index in [-0.39, 0.29) is 34.1 Å². The first-order valence-corrected chi connectivity index (χ1v) is 32.8. The third-order valence-corrected chi connectivity index (χ3v) is 11.5. The summed E-state index contributed by atoms with van der Waals surface area (Å²) in [7, 11) is 0. The Kier molecular flexibility index (Phi) is 41.7. The van der Waals surface area contributed by atoms with Gasteiger partial charge in [-0.3, -0.25) is 9.97 Å². The average Bonchev–Trinajstić information content (AvgIpc) is 1.73. The molecular formula is C69H91N27O6. The number of allylic oxidation sites excluding steroid dienone is 6. The van der Waals surface area contributed by atoms with E-state index in [1.54, 1.807) is 174 Å². The smallest absolute Gasteiger partial charge is 0.265 e. The predicted octanol–water partition coefficient (Wildman–Crippen LogP) is 8.95. The molecule has 9 aromatic heterocycles. The van der Waals surface area contributed by atoms with Gasteiger partial charge in [0, 0.05) is 62.0 Å². The SMILES string of the molecule is C/C=C/n1nnn(-c2ccccc2)c1=O.C/C=C/n1nnn(-c2ccccn2)c1=O.C/C=C/n1nnn(-c2cccnc2)c1=O.C/C=C/n1nnn(-c2ccncc2)c1=O.C/C=C/n1nnn(Cc2ccccc2)c1=O.C/C=C/n1nnn(Cc2ccccc2)c1=O.CC.CC.CC.CC.CC. The van der Waals surface area contributed by atoms with Gasteiger partial charge in [0.1, 0.15) is 0 Å². The summed E-state index contributed by atoms with van der Waals surface area (Å²) in [5.41, 5.74) is 2.28. The van der Waals surface area contributed by atoms with Gasteiger partial charge in [-0.25, -0.2) is 33.8 Å². The number of tetrazole rings is 6. The van der Waals surface area contributed by atoms with Crippen molar-refractivity contribution in [2.24, 2.45) is 0 Å². The summed E-state index contributed by atoms with van der Waals surface area (Å²) in [5, 5.41) is 44.8. The summed E-state index contributed by atoms with van der Waals surface area (Å²) in [4.78, 5) is 81.9. The molecule has 0 aliphatic heterocycles. The molecule has 0 N–H and O–H groups in total. The van der Waals surface area contributed by atoms with Gasteiger partial charge >= 0.3 is 34.1 Å². The molecule has 3 aromatic carbocycles. The third kappa shape index (κ3) is 26.6. The number of hydrogen-bond acceptors (Lipinski definition) is 21. The first-order chi connectivity index (χ1) is 49.9. The van der Waals surface area contributed by atoms with Crippen LogP contribution in [0.4, 0.5) is 0 Å². The fourth-order valence-electron chi connectivity index (χ4n) is 7.36. The predicted molar refractivity (Wildman–Crippen MR) is 398 cm³/mol. The molecule has 0 fully saturated rings. The molecule has 0 aliphatic carbocycles. The van der Waals surface area contributed by atoms with Crippen LogP contribution in [0.2, 0.25) is 0 Å². The number of aromatic nitrogens is 27. The van der Waals surface area contributed by atoms with Crippen LogP contribution >= 0.6 is 0 Å². The molecule has 0 radical (unpaired) electrons. The second-order valence-electron chi connectivity index (χ2n) is 18.0. The standard InChI is InChI=1S/2C11H12N4O.C10H10N4O.3C9H9N5O.5C2H6/c2*1-2-8-14-11(16)15(13-12-14)9-10-6-4-3-5-7-10;1-2-8-13-10(15)14(12-11-13)9-6-4-3-5-7-9;1-2-7-13-9(15)14(12-11-13)8-3-5-10-6-4-8;1-2-7-13-9(15)14(12-11-13)8-5-3-4-6-10-8;1-2-6-13-9(15)14(12-11-13)8-4-3-5-10-7-8;5*1-2/h2*2-8H,9H2,1H3;2-8H,1H3;3*2-7H,1H3;5*1-2H3/b3*8-2+;2*7-2+;6-2+;;;;;. The summed E-state index contributed by atoms with van der Waals surface area (Å²) in [6.45, 7) is 31.7. The number of rotatable bonds is 14. The van der Waals surface area contributed by atoms with E-state index in [0.29, 0.717) is 36.0 Å². The van der Waals surface area contributed by atoms with Gasteiger partial charge in [0.2, 0.25) is 0 Å². The van der Waals surface area contributed by atoms with E-state index in [4.69, 9.17) is 0 Å². The second-order valence-corrected chi connectivity index (χ2v) is 18.0. The molecule has 0 bridgehead atoms. The molecule has 0 unspecified atom stereocenters. The van der Waals surface area contributed by atoms with Gasteiger partial charge < -0.3 is 0 Å². The number of hydrogen-bond donors (Lipinski definition) is 0. The number of pyridine rings is 3. The molecule has 538 valence electrons. The van der Waals surface area contributed by atoms with Crippen molar-refractivity contribution < 1.29 is 0 Å². The number of nitrogens with zero attached hydrogens (tertiary/aromatic N) is 27. The minimum Gasteiger partial charge on any atom is -0.265 e. The van der Waals surface area contributed by atoms with Crippen molar-refractivity contribution in [2.75, 3.05) is 0 Å². The van der Waals surface area contributed by atoms with Crippen LogP contribution in [-0.4, -0.2) is 134 Å². The maximum Gasteiger partial charge on any atom is 0.374 e. The molecule has 9 heterocycles. The van der Waals surface area contributed by atoms with Crippen molar-refractivity contribution in [3.8, 4) is 22.9 Å².